The summed E-state index contributed by atoms with van der Waals surface area (Å²) in [6.07, 6.45) is 4.73. The Morgan fingerprint density at radius 1 is 1.33 bits per heavy atom. The number of carbonyl (C=O) groups is 1. The van der Waals surface area contributed by atoms with Gasteiger partial charge in [-0.25, -0.2) is 0 Å². The monoisotopic (exact) mass is 205 g/mol. The summed E-state index contributed by atoms with van der Waals surface area (Å²) < 4.78 is 0. The van der Waals surface area contributed by atoms with Gasteiger partial charge in [0.1, 0.15) is 0 Å². The maximum atomic E-state index is 11.4. The van der Waals surface area contributed by atoms with Crippen molar-refractivity contribution in [2.24, 2.45) is 5.41 Å². The molecule has 2 rings (SSSR count). The third-order valence-electron chi connectivity index (χ3n) is 3.20. The second kappa shape index (κ2) is 3.05. The molecule has 0 atom stereocenters. The largest absolute Gasteiger partial charge is 0.481 e. The fourth-order valence-electron chi connectivity index (χ4n) is 2.73. The molecule has 0 spiro atoms. The predicted molar refractivity (Wildman–Crippen MR) is 56.6 cm³/mol. The van der Waals surface area contributed by atoms with E-state index in [0.717, 1.165) is 5.56 Å². The lowest BCUT2D eigenvalue weighted by molar-refractivity contribution is -0.153. The number of hydrogen-bond donors (Lipinski definition) is 1. The van der Waals surface area contributed by atoms with Crippen molar-refractivity contribution in [3.8, 4) is 0 Å². The molecule has 0 amide bonds. The summed E-state index contributed by atoms with van der Waals surface area (Å²) in [5.41, 5.74) is 0.345. The minimum absolute atomic E-state index is 0.141. The molecule has 1 aromatic rings. The molecule has 1 aliphatic rings. The Labute approximate surface area is 89.2 Å². The molecule has 15 heavy (non-hydrogen) atoms. The number of carboxylic acid groups (broad SMARTS) is 1. The number of hydrogen-bond acceptors (Lipinski definition) is 2. The van der Waals surface area contributed by atoms with Crippen LogP contribution in [0.15, 0.2) is 24.5 Å². The van der Waals surface area contributed by atoms with Crippen LogP contribution in [0.3, 0.4) is 0 Å². The topological polar surface area (TPSA) is 50.2 Å². The number of carboxylic acids is 1. The molecule has 3 heteroatoms. The van der Waals surface area contributed by atoms with Gasteiger partial charge in [-0.3, -0.25) is 9.78 Å². The summed E-state index contributed by atoms with van der Waals surface area (Å²) in [5, 5.41) is 9.35. The predicted octanol–water partition coefficient (Wildman–Crippen LogP) is 2.22. The summed E-state index contributed by atoms with van der Waals surface area (Å²) in [6.45, 7) is 4.21. The maximum absolute atomic E-state index is 11.4. The van der Waals surface area contributed by atoms with Gasteiger partial charge in [0.05, 0.1) is 5.41 Å². The highest BCUT2D eigenvalue weighted by Crippen LogP contribution is 2.55. The summed E-state index contributed by atoms with van der Waals surface area (Å²) in [4.78, 5) is 15.3. The maximum Gasteiger partial charge on any atom is 0.314 e. The van der Waals surface area contributed by atoms with Crippen LogP contribution < -0.4 is 0 Å². The Bertz CT molecular complexity index is 376. The van der Waals surface area contributed by atoms with Crippen LogP contribution in [0, 0.1) is 5.41 Å². The van der Waals surface area contributed by atoms with Crippen LogP contribution in [-0.2, 0) is 10.2 Å². The molecule has 0 bridgehead atoms. The molecule has 1 aromatic heterocycles. The first-order valence-corrected chi connectivity index (χ1v) is 5.10. The number of pyridine rings is 1. The molecule has 1 saturated carbocycles. The average molecular weight is 205 g/mol. The zero-order chi connectivity index (χ0) is 11.1. The molecular formula is C12H15NO2. The van der Waals surface area contributed by atoms with Gasteiger partial charge < -0.3 is 5.11 Å². The van der Waals surface area contributed by atoms with Gasteiger partial charge >= 0.3 is 5.97 Å². The number of aromatic nitrogens is 1. The fraction of sp³-hybridized carbons (Fsp3) is 0.500. The van der Waals surface area contributed by atoms with E-state index in [-0.39, 0.29) is 5.41 Å². The molecular weight excluding hydrogens is 190 g/mol. The minimum Gasteiger partial charge on any atom is -0.481 e. The molecule has 1 heterocycles. The van der Waals surface area contributed by atoms with E-state index in [2.05, 4.69) is 18.8 Å². The van der Waals surface area contributed by atoms with Crippen molar-refractivity contribution in [3.63, 3.8) is 0 Å². The van der Waals surface area contributed by atoms with Gasteiger partial charge in [-0.15, -0.1) is 0 Å². The summed E-state index contributed by atoms with van der Waals surface area (Å²) in [5.74, 6) is -0.715. The third-order valence-corrected chi connectivity index (χ3v) is 3.20. The van der Waals surface area contributed by atoms with Crippen molar-refractivity contribution < 1.29 is 9.90 Å². The SMILES string of the molecule is CC1(C)CC(C(=O)O)(c2ccncc2)C1. The van der Waals surface area contributed by atoms with Gasteiger partial charge in [-0.05, 0) is 36.0 Å². The normalized spacial score (nSPS) is 21.7. The Morgan fingerprint density at radius 3 is 2.27 bits per heavy atom. The summed E-state index contributed by atoms with van der Waals surface area (Å²) >= 11 is 0. The van der Waals surface area contributed by atoms with Crippen LogP contribution in [0.4, 0.5) is 0 Å². The van der Waals surface area contributed by atoms with E-state index in [1.807, 2.05) is 12.1 Å². The van der Waals surface area contributed by atoms with Crippen molar-refractivity contribution in [1.29, 1.82) is 0 Å². The van der Waals surface area contributed by atoms with E-state index in [4.69, 9.17) is 0 Å². The second-order valence-corrected chi connectivity index (χ2v) is 5.14. The van der Waals surface area contributed by atoms with Crippen LogP contribution in [0.1, 0.15) is 32.3 Å². The quantitative estimate of drug-likeness (QED) is 0.805. The van der Waals surface area contributed by atoms with E-state index in [1.165, 1.54) is 0 Å². The average Bonchev–Trinajstić information content (AvgIpc) is 2.14. The van der Waals surface area contributed by atoms with E-state index < -0.39 is 11.4 Å². The second-order valence-electron chi connectivity index (χ2n) is 5.14. The zero-order valence-corrected chi connectivity index (χ0v) is 9.03. The van der Waals surface area contributed by atoms with Gasteiger partial charge in [0.2, 0.25) is 0 Å². The minimum atomic E-state index is -0.715. The van der Waals surface area contributed by atoms with Crippen LogP contribution in [-0.4, -0.2) is 16.1 Å². The van der Waals surface area contributed by atoms with Crippen molar-refractivity contribution in [1.82, 2.24) is 4.98 Å². The molecule has 1 fully saturated rings. The van der Waals surface area contributed by atoms with Crippen LogP contribution in [0.5, 0.6) is 0 Å². The van der Waals surface area contributed by atoms with Gasteiger partial charge in [0.15, 0.2) is 0 Å². The molecule has 80 valence electrons. The Hall–Kier alpha value is -1.38. The van der Waals surface area contributed by atoms with Crippen molar-refractivity contribution >= 4 is 5.97 Å². The Kier molecular flexibility index (Phi) is 2.07. The van der Waals surface area contributed by atoms with E-state index in [9.17, 15) is 9.90 Å². The first kappa shape index (κ1) is 10.1. The summed E-state index contributed by atoms with van der Waals surface area (Å²) in [7, 11) is 0. The standard InChI is InChI=1S/C12H15NO2/c1-11(2)7-12(8-11,10(14)15)9-3-5-13-6-4-9/h3-6H,7-8H2,1-2H3,(H,14,15). The molecule has 0 aromatic carbocycles. The lowest BCUT2D eigenvalue weighted by Crippen LogP contribution is -2.52. The fourth-order valence-corrected chi connectivity index (χ4v) is 2.73. The van der Waals surface area contributed by atoms with Gasteiger partial charge in [0, 0.05) is 12.4 Å². The molecule has 0 aliphatic heterocycles. The molecule has 0 unspecified atom stereocenters. The lowest BCUT2D eigenvalue weighted by Gasteiger charge is -2.50. The number of rotatable bonds is 2. The lowest BCUT2D eigenvalue weighted by atomic mass is 9.52. The van der Waals surface area contributed by atoms with E-state index >= 15 is 0 Å². The molecule has 0 saturated heterocycles. The Balaban J connectivity index is 2.36. The van der Waals surface area contributed by atoms with Crippen LogP contribution >= 0.6 is 0 Å². The van der Waals surface area contributed by atoms with Crippen LogP contribution in [0.25, 0.3) is 0 Å². The van der Waals surface area contributed by atoms with Crippen molar-refractivity contribution in [3.05, 3.63) is 30.1 Å². The van der Waals surface area contributed by atoms with E-state index in [1.54, 1.807) is 12.4 Å². The summed E-state index contributed by atoms with van der Waals surface area (Å²) in [6, 6.07) is 3.62. The molecule has 0 radical (unpaired) electrons. The van der Waals surface area contributed by atoms with E-state index in [0.29, 0.717) is 12.8 Å². The zero-order valence-electron chi connectivity index (χ0n) is 9.03. The molecule has 1 N–H and O–H groups in total. The van der Waals surface area contributed by atoms with Gasteiger partial charge in [-0.2, -0.15) is 0 Å². The first-order valence-electron chi connectivity index (χ1n) is 5.10. The van der Waals surface area contributed by atoms with Crippen LogP contribution in [0.2, 0.25) is 0 Å². The molecule has 3 nitrogen and oxygen atoms in total. The number of nitrogens with zero attached hydrogens (tertiary/aromatic N) is 1. The highest BCUT2D eigenvalue weighted by Gasteiger charge is 2.55. The first-order chi connectivity index (χ1) is 6.96. The highest BCUT2D eigenvalue weighted by molar-refractivity contribution is 5.83. The highest BCUT2D eigenvalue weighted by atomic mass is 16.4. The van der Waals surface area contributed by atoms with Gasteiger partial charge in [0.25, 0.3) is 0 Å². The van der Waals surface area contributed by atoms with Gasteiger partial charge in [-0.1, -0.05) is 13.8 Å². The van der Waals surface area contributed by atoms with Crippen molar-refractivity contribution in [2.45, 2.75) is 32.1 Å². The van der Waals surface area contributed by atoms with Crippen molar-refractivity contribution in [2.75, 3.05) is 0 Å². The number of aliphatic carboxylic acids is 1. The Morgan fingerprint density at radius 2 is 1.87 bits per heavy atom. The molecule has 1 aliphatic carbocycles. The third kappa shape index (κ3) is 1.52. The smallest absolute Gasteiger partial charge is 0.314 e.